The lowest BCUT2D eigenvalue weighted by molar-refractivity contribution is 0.580. The average molecular weight is 423 g/mol. The molecule has 0 aromatic heterocycles. The molecule has 0 bridgehead atoms. The zero-order valence-corrected chi connectivity index (χ0v) is 17.7. The summed E-state index contributed by atoms with van der Waals surface area (Å²) >= 11 is 0. The van der Waals surface area contributed by atoms with Gasteiger partial charge in [-0.15, -0.1) is 0 Å². The van der Waals surface area contributed by atoms with E-state index >= 15 is 0 Å². The van der Waals surface area contributed by atoms with Gasteiger partial charge in [0.1, 0.15) is 0 Å². The van der Waals surface area contributed by atoms with Gasteiger partial charge in [-0.25, -0.2) is 16.8 Å². The molecule has 1 saturated carbocycles. The molecule has 1 aliphatic carbocycles. The van der Waals surface area contributed by atoms with Crippen molar-refractivity contribution < 1.29 is 16.8 Å². The molecule has 1 fully saturated rings. The summed E-state index contributed by atoms with van der Waals surface area (Å²) in [6, 6.07) is 11.7. The van der Waals surface area contributed by atoms with Crippen molar-refractivity contribution in [3.05, 3.63) is 42.5 Å². The number of rotatable bonds is 7. The van der Waals surface area contributed by atoms with Gasteiger partial charge < -0.3 is 10.6 Å². The Hall–Kier alpha value is -2.06. The molecule has 2 N–H and O–H groups in total. The molecular weight excluding hydrogens is 396 g/mol. The van der Waals surface area contributed by atoms with Crippen LogP contribution in [0.5, 0.6) is 0 Å². The van der Waals surface area contributed by atoms with Crippen molar-refractivity contribution in [2.45, 2.75) is 35.5 Å². The second-order valence-electron chi connectivity index (χ2n) is 7.44. The summed E-state index contributed by atoms with van der Waals surface area (Å²) in [5, 5.41) is 6.53. The first-order valence-electron chi connectivity index (χ1n) is 9.28. The predicted molar refractivity (Wildman–Crippen MR) is 113 cm³/mol. The molecule has 0 saturated heterocycles. The van der Waals surface area contributed by atoms with Crippen molar-refractivity contribution in [1.29, 1.82) is 0 Å². The van der Waals surface area contributed by atoms with Gasteiger partial charge in [-0.05, 0) is 61.2 Å². The van der Waals surface area contributed by atoms with E-state index in [0.717, 1.165) is 36.3 Å². The maximum atomic E-state index is 12.1. The molecule has 0 spiro atoms. The minimum atomic E-state index is -3.60. The van der Waals surface area contributed by atoms with Gasteiger partial charge in [0.25, 0.3) is 0 Å². The van der Waals surface area contributed by atoms with Gasteiger partial charge in [0.15, 0.2) is 19.7 Å². The van der Waals surface area contributed by atoms with E-state index in [4.69, 9.17) is 0 Å². The van der Waals surface area contributed by atoms with Crippen molar-refractivity contribution >= 4 is 36.7 Å². The van der Waals surface area contributed by atoms with Crippen LogP contribution < -0.4 is 10.6 Å². The van der Waals surface area contributed by atoms with E-state index in [0.29, 0.717) is 5.69 Å². The van der Waals surface area contributed by atoms with Crippen molar-refractivity contribution in [3.63, 3.8) is 0 Å². The largest absolute Gasteiger partial charge is 0.385 e. The lowest BCUT2D eigenvalue weighted by atomic mass is 10.1. The van der Waals surface area contributed by atoms with Gasteiger partial charge in [-0.3, -0.25) is 0 Å². The smallest absolute Gasteiger partial charge is 0.177 e. The Kier molecular flexibility index (Phi) is 6.00. The fourth-order valence-corrected chi connectivity index (χ4v) is 5.03. The second kappa shape index (κ2) is 8.13. The SMILES string of the molecule is CS(=O)(=O)c1ccc(Nc2ccc(NCC3CCCC3)cc2)c(S(C)(=O)=O)c1. The van der Waals surface area contributed by atoms with Crippen LogP contribution in [0.1, 0.15) is 25.7 Å². The van der Waals surface area contributed by atoms with E-state index < -0.39 is 19.7 Å². The molecule has 0 atom stereocenters. The van der Waals surface area contributed by atoms with Crippen LogP contribution >= 0.6 is 0 Å². The monoisotopic (exact) mass is 422 g/mol. The van der Waals surface area contributed by atoms with E-state index in [1.807, 2.05) is 24.3 Å². The normalized spacial score (nSPS) is 15.5. The van der Waals surface area contributed by atoms with E-state index in [9.17, 15) is 16.8 Å². The Morgan fingerprint density at radius 3 is 2.04 bits per heavy atom. The lowest BCUT2D eigenvalue weighted by Crippen LogP contribution is -2.10. The van der Waals surface area contributed by atoms with Gasteiger partial charge in [0, 0.05) is 30.4 Å². The Morgan fingerprint density at radius 2 is 1.46 bits per heavy atom. The first-order valence-corrected chi connectivity index (χ1v) is 13.1. The van der Waals surface area contributed by atoms with Crippen molar-refractivity contribution in [1.82, 2.24) is 0 Å². The van der Waals surface area contributed by atoms with Gasteiger partial charge in [0.2, 0.25) is 0 Å². The highest BCUT2D eigenvalue weighted by Gasteiger charge is 2.18. The molecule has 1 aliphatic rings. The predicted octanol–water partition coefficient (Wildman–Crippen LogP) is 3.84. The minimum absolute atomic E-state index is 0.0232. The van der Waals surface area contributed by atoms with Crippen LogP contribution in [0.3, 0.4) is 0 Å². The molecule has 8 heteroatoms. The molecule has 0 heterocycles. The summed E-state index contributed by atoms with van der Waals surface area (Å²) in [5.41, 5.74) is 2.10. The highest BCUT2D eigenvalue weighted by Crippen LogP contribution is 2.29. The summed E-state index contributed by atoms with van der Waals surface area (Å²) in [5.74, 6) is 0.739. The molecule has 2 aromatic carbocycles. The third-order valence-electron chi connectivity index (χ3n) is 5.01. The van der Waals surface area contributed by atoms with Crippen molar-refractivity contribution in [3.8, 4) is 0 Å². The number of anilines is 3. The molecule has 0 unspecified atom stereocenters. The van der Waals surface area contributed by atoms with E-state index in [-0.39, 0.29) is 9.79 Å². The summed E-state index contributed by atoms with van der Waals surface area (Å²) in [6.45, 7) is 0.970. The Bertz CT molecular complexity index is 1040. The van der Waals surface area contributed by atoms with Crippen LogP contribution in [0.4, 0.5) is 17.1 Å². The molecule has 2 aromatic rings. The molecule has 3 rings (SSSR count). The number of hydrogen-bond donors (Lipinski definition) is 2. The molecule has 0 radical (unpaired) electrons. The molecule has 28 heavy (non-hydrogen) atoms. The van der Waals surface area contributed by atoms with Gasteiger partial charge in [-0.2, -0.15) is 0 Å². The van der Waals surface area contributed by atoms with Crippen LogP contribution in [0.15, 0.2) is 52.3 Å². The van der Waals surface area contributed by atoms with E-state index in [1.54, 1.807) is 0 Å². The number of nitrogens with one attached hydrogen (secondary N) is 2. The topological polar surface area (TPSA) is 92.3 Å². The van der Waals surface area contributed by atoms with Crippen LogP contribution in [0.2, 0.25) is 0 Å². The lowest BCUT2D eigenvalue weighted by Gasteiger charge is -2.14. The van der Waals surface area contributed by atoms with Crippen LogP contribution in [-0.2, 0) is 19.7 Å². The fraction of sp³-hybridized carbons (Fsp3) is 0.400. The van der Waals surface area contributed by atoms with Crippen LogP contribution in [0.25, 0.3) is 0 Å². The van der Waals surface area contributed by atoms with Gasteiger partial charge in [0.05, 0.1) is 15.5 Å². The Morgan fingerprint density at radius 1 is 0.857 bits per heavy atom. The first-order chi connectivity index (χ1) is 13.1. The van der Waals surface area contributed by atoms with Crippen molar-refractivity contribution in [2.75, 3.05) is 29.7 Å². The summed E-state index contributed by atoms with van der Waals surface area (Å²) in [6.07, 6.45) is 7.31. The third-order valence-corrected chi connectivity index (χ3v) is 7.26. The van der Waals surface area contributed by atoms with E-state index in [2.05, 4.69) is 10.6 Å². The van der Waals surface area contributed by atoms with Crippen LogP contribution in [-0.4, -0.2) is 35.9 Å². The number of sulfone groups is 2. The molecule has 0 aliphatic heterocycles. The van der Waals surface area contributed by atoms with Crippen LogP contribution in [0, 0.1) is 5.92 Å². The summed E-state index contributed by atoms with van der Waals surface area (Å²) in [4.78, 5) is -0.0659. The highest BCUT2D eigenvalue weighted by molar-refractivity contribution is 7.91. The van der Waals surface area contributed by atoms with Gasteiger partial charge >= 0.3 is 0 Å². The molecule has 152 valence electrons. The van der Waals surface area contributed by atoms with Gasteiger partial charge in [-0.1, -0.05) is 12.8 Å². The zero-order chi connectivity index (χ0) is 20.4. The number of benzene rings is 2. The molecule has 6 nitrogen and oxygen atoms in total. The standard InChI is InChI=1S/C20H26N2O4S2/c1-27(23,24)18-11-12-19(20(13-18)28(2,25)26)22-17-9-7-16(8-10-17)21-14-15-5-3-4-6-15/h7-13,15,21-22H,3-6,14H2,1-2H3. The third kappa shape index (κ3) is 5.26. The average Bonchev–Trinajstić information content (AvgIpc) is 3.13. The quantitative estimate of drug-likeness (QED) is 0.704. The second-order valence-corrected chi connectivity index (χ2v) is 11.4. The Labute approximate surface area is 167 Å². The Balaban J connectivity index is 1.77. The molecular formula is C20H26N2O4S2. The zero-order valence-electron chi connectivity index (χ0n) is 16.1. The minimum Gasteiger partial charge on any atom is -0.385 e. The summed E-state index contributed by atoms with van der Waals surface area (Å²) in [7, 11) is -7.10. The first kappa shape index (κ1) is 20.7. The maximum Gasteiger partial charge on any atom is 0.177 e. The number of hydrogen-bond acceptors (Lipinski definition) is 6. The molecule has 0 amide bonds. The maximum absolute atomic E-state index is 12.1. The van der Waals surface area contributed by atoms with E-state index in [1.165, 1.54) is 43.9 Å². The van der Waals surface area contributed by atoms with Crippen molar-refractivity contribution in [2.24, 2.45) is 5.92 Å². The fourth-order valence-electron chi connectivity index (χ4n) is 3.45. The summed E-state index contributed by atoms with van der Waals surface area (Å²) < 4.78 is 47.8. The highest BCUT2D eigenvalue weighted by atomic mass is 32.2.